The Kier molecular flexibility index (Phi) is 5.46. The smallest absolute Gasteiger partial charge is 0.346 e. The van der Waals surface area contributed by atoms with Gasteiger partial charge in [-0.2, -0.15) is 0 Å². The molecule has 2 aromatic heterocycles. The van der Waals surface area contributed by atoms with Gasteiger partial charge in [0.25, 0.3) is 5.56 Å². The summed E-state index contributed by atoms with van der Waals surface area (Å²) in [5.74, 6) is -0.340. The SMILES string of the molecule is Cc1c(C(=O)O)sc2nc(Cc3ccc(Cl)cc3)n(C3CCN(C)CC3)c(=O)c12. The minimum absolute atomic E-state index is 0.0606. The van der Waals surface area contributed by atoms with Crippen LogP contribution in [0, 0.1) is 6.92 Å². The maximum absolute atomic E-state index is 13.5. The maximum atomic E-state index is 13.5. The molecule has 3 heterocycles. The number of benzene rings is 1. The van der Waals surface area contributed by atoms with E-state index in [4.69, 9.17) is 16.6 Å². The number of fused-ring (bicyclic) bond motifs is 1. The van der Waals surface area contributed by atoms with E-state index < -0.39 is 5.97 Å². The predicted octanol–water partition coefficient (Wildman–Crippen LogP) is 3.98. The number of hydrogen-bond donors (Lipinski definition) is 1. The molecule has 0 saturated carbocycles. The molecule has 3 aromatic rings. The highest BCUT2D eigenvalue weighted by Gasteiger charge is 2.26. The van der Waals surface area contributed by atoms with Crippen molar-refractivity contribution in [2.24, 2.45) is 0 Å². The molecule has 152 valence electrons. The van der Waals surface area contributed by atoms with Gasteiger partial charge in [-0.3, -0.25) is 9.36 Å². The number of piperidine rings is 1. The average molecular weight is 432 g/mol. The van der Waals surface area contributed by atoms with Crippen LogP contribution < -0.4 is 5.56 Å². The molecular formula is C21H22ClN3O3S. The van der Waals surface area contributed by atoms with Gasteiger partial charge < -0.3 is 10.0 Å². The van der Waals surface area contributed by atoms with E-state index in [0.717, 1.165) is 42.8 Å². The summed E-state index contributed by atoms with van der Waals surface area (Å²) in [5.41, 5.74) is 1.39. The third-order valence-corrected chi connectivity index (χ3v) is 7.02. The molecule has 6 nitrogen and oxygen atoms in total. The highest BCUT2D eigenvalue weighted by atomic mass is 35.5. The van der Waals surface area contributed by atoms with Gasteiger partial charge in [0.2, 0.25) is 0 Å². The maximum Gasteiger partial charge on any atom is 0.346 e. The van der Waals surface area contributed by atoms with E-state index >= 15 is 0 Å². The van der Waals surface area contributed by atoms with Crippen molar-refractivity contribution >= 4 is 39.1 Å². The Balaban J connectivity index is 1.89. The van der Waals surface area contributed by atoms with Gasteiger partial charge >= 0.3 is 5.97 Å². The summed E-state index contributed by atoms with van der Waals surface area (Å²) in [7, 11) is 2.08. The van der Waals surface area contributed by atoms with E-state index in [1.165, 1.54) is 0 Å². The van der Waals surface area contributed by atoms with Crippen LogP contribution in [-0.2, 0) is 6.42 Å². The third-order valence-electron chi connectivity index (χ3n) is 5.59. The van der Waals surface area contributed by atoms with Crippen molar-refractivity contribution < 1.29 is 9.90 Å². The van der Waals surface area contributed by atoms with Crippen LogP contribution in [0.15, 0.2) is 29.1 Å². The molecule has 1 aliphatic heterocycles. The van der Waals surface area contributed by atoms with Crippen LogP contribution in [0.3, 0.4) is 0 Å². The fraction of sp³-hybridized carbons (Fsp3) is 0.381. The van der Waals surface area contributed by atoms with E-state index in [2.05, 4.69) is 11.9 Å². The van der Waals surface area contributed by atoms with Gasteiger partial charge in [0.1, 0.15) is 15.5 Å². The fourth-order valence-electron chi connectivity index (χ4n) is 3.98. The number of thiophene rings is 1. The zero-order chi connectivity index (χ0) is 20.7. The molecule has 0 atom stereocenters. The zero-order valence-electron chi connectivity index (χ0n) is 16.3. The molecule has 0 bridgehead atoms. The number of carboxylic acid groups (broad SMARTS) is 1. The molecule has 4 rings (SSSR count). The molecule has 1 aliphatic rings. The van der Waals surface area contributed by atoms with Crippen LogP contribution >= 0.6 is 22.9 Å². The first kappa shape index (κ1) is 20.1. The average Bonchev–Trinajstić information content (AvgIpc) is 3.02. The quantitative estimate of drug-likeness (QED) is 0.676. The molecule has 0 aliphatic carbocycles. The molecule has 0 spiro atoms. The number of hydrogen-bond acceptors (Lipinski definition) is 5. The van der Waals surface area contributed by atoms with Gasteiger partial charge in [0, 0.05) is 17.5 Å². The number of nitrogens with zero attached hydrogens (tertiary/aromatic N) is 3. The van der Waals surface area contributed by atoms with Gasteiger partial charge in [-0.15, -0.1) is 11.3 Å². The largest absolute Gasteiger partial charge is 0.477 e. The second kappa shape index (κ2) is 7.89. The van der Waals surface area contributed by atoms with Crippen LogP contribution in [0.4, 0.5) is 0 Å². The minimum atomic E-state index is -1.02. The standard InChI is InChI=1S/C21H22ClN3O3S/c1-12-17-19(29-18(12)21(27)28)23-16(11-13-3-5-14(22)6-4-13)25(20(17)26)15-7-9-24(2)10-8-15/h3-6,15H,7-11H2,1-2H3,(H,27,28). The third kappa shape index (κ3) is 3.82. The first-order chi connectivity index (χ1) is 13.8. The van der Waals surface area contributed by atoms with Crippen molar-refractivity contribution in [1.29, 1.82) is 0 Å². The molecule has 1 N–H and O–H groups in total. The first-order valence-corrected chi connectivity index (χ1v) is 10.8. The molecular weight excluding hydrogens is 410 g/mol. The Morgan fingerprint density at radius 2 is 1.93 bits per heavy atom. The summed E-state index contributed by atoms with van der Waals surface area (Å²) in [6.45, 7) is 3.53. The Morgan fingerprint density at radius 3 is 2.55 bits per heavy atom. The van der Waals surface area contributed by atoms with Crippen molar-refractivity contribution in [3.63, 3.8) is 0 Å². The molecule has 1 aromatic carbocycles. The lowest BCUT2D eigenvalue weighted by atomic mass is 10.0. The molecule has 1 saturated heterocycles. The molecule has 0 radical (unpaired) electrons. The Morgan fingerprint density at radius 1 is 1.28 bits per heavy atom. The molecule has 1 fully saturated rings. The van der Waals surface area contributed by atoms with Crippen LogP contribution in [0.5, 0.6) is 0 Å². The topological polar surface area (TPSA) is 75.4 Å². The van der Waals surface area contributed by atoms with E-state index in [-0.39, 0.29) is 16.5 Å². The van der Waals surface area contributed by atoms with E-state index in [0.29, 0.717) is 33.0 Å². The Bertz CT molecular complexity index is 1130. The number of carbonyl (C=O) groups is 1. The number of aromatic nitrogens is 2. The highest BCUT2D eigenvalue weighted by molar-refractivity contribution is 7.20. The van der Waals surface area contributed by atoms with Crippen LogP contribution in [0.2, 0.25) is 5.02 Å². The van der Waals surface area contributed by atoms with Crippen molar-refractivity contribution in [2.75, 3.05) is 20.1 Å². The molecule has 0 unspecified atom stereocenters. The second-order valence-corrected chi connectivity index (χ2v) is 9.02. The number of aromatic carboxylic acids is 1. The van der Waals surface area contributed by atoms with Crippen LogP contribution in [0.1, 0.15) is 45.5 Å². The summed E-state index contributed by atoms with van der Waals surface area (Å²) in [5, 5.41) is 10.6. The summed E-state index contributed by atoms with van der Waals surface area (Å²) in [6, 6.07) is 7.57. The first-order valence-electron chi connectivity index (χ1n) is 9.56. The number of carboxylic acids is 1. The van der Waals surface area contributed by atoms with Gasteiger partial charge in [-0.1, -0.05) is 23.7 Å². The summed E-state index contributed by atoms with van der Waals surface area (Å²) in [6.07, 6.45) is 2.23. The second-order valence-electron chi connectivity index (χ2n) is 7.58. The van der Waals surface area contributed by atoms with E-state index in [1.54, 1.807) is 6.92 Å². The van der Waals surface area contributed by atoms with Gasteiger partial charge in [0.05, 0.1) is 5.39 Å². The van der Waals surface area contributed by atoms with Gasteiger partial charge in [-0.25, -0.2) is 9.78 Å². The van der Waals surface area contributed by atoms with Crippen LogP contribution in [-0.4, -0.2) is 45.7 Å². The summed E-state index contributed by atoms with van der Waals surface area (Å²) < 4.78 is 1.81. The van der Waals surface area contributed by atoms with Gasteiger partial charge in [0.15, 0.2) is 0 Å². The zero-order valence-corrected chi connectivity index (χ0v) is 17.9. The number of halogens is 1. The minimum Gasteiger partial charge on any atom is -0.477 e. The monoisotopic (exact) mass is 431 g/mol. The molecule has 8 heteroatoms. The van der Waals surface area contributed by atoms with Gasteiger partial charge in [-0.05, 0) is 63.2 Å². The van der Waals surface area contributed by atoms with Crippen molar-refractivity contribution in [3.8, 4) is 0 Å². The van der Waals surface area contributed by atoms with Crippen molar-refractivity contribution in [3.05, 3.63) is 61.5 Å². The number of likely N-dealkylation sites (tertiary alicyclic amines) is 1. The van der Waals surface area contributed by atoms with Crippen molar-refractivity contribution in [1.82, 2.24) is 14.5 Å². The predicted molar refractivity (Wildman–Crippen MR) is 116 cm³/mol. The summed E-state index contributed by atoms with van der Waals surface area (Å²) in [4.78, 5) is 32.8. The fourth-order valence-corrected chi connectivity index (χ4v) is 5.14. The van der Waals surface area contributed by atoms with Crippen molar-refractivity contribution in [2.45, 2.75) is 32.2 Å². The lowest BCUT2D eigenvalue weighted by molar-refractivity contribution is 0.0701. The lowest BCUT2D eigenvalue weighted by Crippen LogP contribution is -2.37. The van der Waals surface area contributed by atoms with E-state index in [9.17, 15) is 14.7 Å². The molecule has 0 amide bonds. The summed E-state index contributed by atoms with van der Waals surface area (Å²) >= 11 is 7.08. The normalized spacial score (nSPS) is 15.8. The lowest BCUT2D eigenvalue weighted by Gasteiger charge is -2.31. The van der Waals surface area contributed by atoms with Crippen LogP contribution in [0.25, 0.3) is 10.2 Å². The number of aryl methyl sites for hydroxylation is 1. The van der Waals surface area contributed by atoms with E-state index in [1.807, 2.05) is 28.8 Å². The Labute approximate surface area is 177 Å². The number of rotatable bonds is 4. The Hall–Kier alpha value is -2.22. The molecule has 29 heavy (non-hydrogen) atoms. The highest BCUT2D eigenvalue weighted by Crippen LogP contribution is 2.30.